The van der Waals surface area contributed by atoms with Gasteiger partial charge < -0.3 is 15.3 Å². The molecule has 33 heavy (non-hydrogen) atoms. The first-order valence-electron chi connectivity index (χ1n) is 13.4. The van der Waals surface area contributed by atoms with Gasteiger partial charge in [0.25, 0.3) is 0 Å². The molecule has 0 unspecified atom stereocenters. The molecule has 0 spiro atoms. The van der Waals surface area contributed by atoms with Crippen molar-refractivity contribution in [3.8, 4) is 0 Å². The summed E-state index contributed by atoms with van der Waals surface area (Å²) in [4.78, 5) is 0. The van der Waals surface area contributed by atoms with E-state index in [2.05, 4.69) is 54.2 Å². The van der Waals surface area contributed by atoms with Crippen molar-refractivity contribution in [3.05, 3.63) is 34.9 Å². The third kappa shape index (κ3) is 4.43. The van der Waals surface area contributed by atoms with Gasteiger partial charge in [-0.05, 0) is 113 Å². The number of rotatable bonds is 9. The molecule has 0 aromatic carbocycles. The Kier molecular flexibility index (Phi) is 8.09. The molecule has 0 aromatic rings. The molecule has 3 rings (SSSR count). The van der Waals surface area contributed by atoms with Gasteiger partial charge in [0.2, 0.25) is 0 Å². The van der Waals surface area contributed by atoms with E-state index in [1.807, 2.05) is 0 Å². The smallest absolute Gasteiger partial charge is 0.0585 e. The molecular weight excluding hydrogens is 408 g/mol. The van der Waals surface area contributed by atoms with Crippen molar-refractivity contribution in [2.24, 2.45) is 34.0 Å². The normalized spacial score (nSPS) is 39.1. The van der Waals surface area contributed by atoms with Gasteiger partial charge in [0.1, 0.15) is 0 Å². The van der Waals surface area contributed by atoms with Crippen LogP contribution in [0.3, 0.4) is 0 Å². The van der Waals surface area contributed by atoms with Gasteiger partial charge in [-0.15, -0.1) is 0 Å². The van der Waals surface area contributed by atoms with Crippen LogP contribution in [-0.4, -0.2) is 34.6 Å². The second-order valence-corrected chi connectivity index (χ2v) is 12.5. The second kappa shape index (κ2) is 9.99. The van der Waals surface area contributed by atoms with Crippen molar-refractivity contribution in [1.82, 2.24) is 0 Å². The van der Waals surface area contributed by atoms with Crippen LogP contribution in [0.15, 0.2) is 34.9 Å². The van der Waals surface area contributed by atoms with Crippen molar-refractivity contribution in [3.63, 3.8) is 0 Å². The molecule has 3 aliphatic carbocycles. The van der Waals surface area contributed by atoms with Crippen LogP contribution in [0.1, 0.15) is 99.3 Å². The van der Waals surface area contributed by atoms with Crippen molar-refractivity contribution in [2.45, 2.75) is 105 Å². The summed E-state index contributed by atoms with van der Waals surface area (Å²) in [7, 11) is 0. The largest absolute Gasteiger partial charge is 0.396 e. The maximum absolute atomic E-state index is 11.5. The van der Waals surface area contributed by atoms with Crippen LogP contribution in [0.4, 0.5) is 0 Å². The van der Waals surface area contributed by atoms with Crippen LogP contribution < -0.4 is 0 Å². The van der Waals surface area contributed by atoms with Crippen LogP contribution in [0, 0.1) is 34.0 Å². The fourth-order valence-electron chi connectivity index (χ4n) is 8.59. The Morgan fingerprint density at radius 3 is 2.39 bits per heavy atom. The second-order valence-electron chi connectivity index (χ2n) is 12.5. The molecule has 3 heteroatoms. The lowest BCUT2D eigenvalue weighted by atomic mass is 9.47. The molecule has 0 aromatic heterocycles. The minimum Gasteiger partial charge on any atom is -0.396 e. The summed E-state index contributed by atoms with van der Waals surface area (Å²) in [6, 6.07) is 0. The van der Waals surface area contributed by atoms with E-state index in [9.17, 15) is 15.3 Å². The first-order valence-corrected chi connectivity index (χ1v) is 13.4. The third-order valence-electron chi connectivity index (χ3n) is 10.4. The van der Waals surface area contributed by atoms with Gasteiger partial charge in [0.05, 0.1) is 6.10 Å². The van der Waals surface area contributed by atoms with Gasteiger partial charge in [-0.1, -0.05) is 55.7 Å². The standard InChI is InChI=1S/C30H50O3/c1-20(2)10-8-11-22(19-32)27-26(33)18-30(7)25-13-12-23(21(3)4)28(5,15-9-17-31)24(25)14-16-29(27,30)6/h10,22-23,26-27,31-33H,3,8-9,11-19H2,1-2,4-7H3/t22-,23-,26+,27-,28-,29+,30-/m0/s1. The highest BCUT2D eigenvalue weighted by molar-refractivity contribution is 5.39. The van der Waals surface area contributed by atoms with Gasteiger partial charge in [-0.3, -0.25) is 0 Å². The van der Waals surface area contributed by atoms with Crippen LogP contribution in [0.2, 0.25) is 0 Å². The van der Waals surface area contributed by atoms with Crippen LogP contribution in [-0.2, 0) is 0 Å². The summed E-state index contributed by atoms with van der Waals surface area (Å²) in [5.74, 6) is 0.735. The Bertz CT molecular complexity index is 790. The molecule has 0 amide bonds. The maximum Gasteiger partial charge on any atom is 0.0585 e. The molecule has 0 aliphatic heterocycles. The van der Waals surface area contributed by atoms with Crippen molar-refractivity contribution in [1.29, 1.82) is 0 Å². The van der Waals surface area contributed by atoms with Gasteiger partial charge in [0.15, 0.2) is 0 Å². The van der Waals surface area contributed by atoms with E-state index in [-0.39, 0.29) is 47.4 Å². The number of hydrogen-bond acceptors (Lipinski definition) is 3. The van der Waals surface area contributed by atoms with Crippen LogP contribution in [0.5, 0.6) is 0 Å². The zero-order valence-corrected chi connectivity index (χ0v) is 22.2. The topological polar surface area (TPSA) is 60.7 Å². The lowest BCUT2D eigenvalue weighted by molar-refractivity contribution is -0.0180. The first kappa shape index (κ1) is 26.7. The van der Waals surface area contributed by atoms with Gasteiger partial charge in [-0.25, -0.2) is 0 Å². The Balaban J connectivity index is 2.01. The van der Waals surface area contributed by atoms with Crippen molar-refractivity contribution in [2.75, 3.05) is 13.2 Å². The lowest BCUT2D eigenvalue weighted by Gasteiger charge is -2.57. The SMILES string of the molecule is C=C(C)[C@@H]1CCC2=C(CC[C@]3(C)[C@@H]([C@H](CO)CCC=C(C)C)[C@H](O)C[C@@]23C)[C@@]1(C)CCCO. The first-order chi connectivity index (χ1) is 15.5. The van der Waals surface area contributed by atoms with Crippen LogP contribution in [0.25, 0.3) is 0 Å². The monoisotopic (exact) mass is 458 g/mol. The number of aliphatic hydroxyl groups is 3. The van der Waals surface area contributed by atoms with E-state index < -0.39 is 0 Å². The molecule has 1 fully saturated rings. The Morgan fingerprint density at radius 2 is 1.82 bits per heavy atom. The number of fused-ring (bicyclic) bond motifs is 2. The van der Waals surface area contributed by atoms with E-state index in [0.29, 0.717) is 5.92 Å². The molecule has 3 aliphatic rings. The van der Waals surface area contributed by atoms with Crippen molar-refractivity contribution < 1.29 is 15.3 Å². The molecule has 1 saturated carbocycles. The molecule has 3 nitrogen and oxygen atoms in total. The fraction of sp³-hybridized carbons (Fsp3) is 0.800. The third-order valence-corrected chi connectivity index (χ3v) is 10.4. The molecular formula is C30H50O3. The van der Waals surface area contributed by atoms with Gasteiger partial charge in [-0.2, -0.15) is 0 Å². The zero-order chi connectivity index (χ0) is 24.6. The molecule has 7 atom stereocenters. The summed E-state index contributed by atoms with van der Waals surface area (Å²) in [6.07, 6.45) is 10.8. The number of aliphatic hydroxyl groups excluding tert-OH is 3. The van der Waals surface area contributed by atoms with E-state index in [1.165, 1.54) is 11.1 Å². The highest BCUT2D eigenvalue weighted by atomic mass is 16.3. The predicted molar refractivity (Wildman–Crippen MR) is 138 cm³/mol. The minimum absolute atomic E-state index is 0.00241. The van der Waals surface area contributed by atoms with Crippen LogP contribution >= 0.6 is 0 Å². The van der Waals surface area contributed by atoms with Gasteiger partial charge in [0, 0.05) is 13.2 Å². The zero-order valence-electron chi connectivity index (χ0n) is 22.2. The molecule has 0 radical (unpaired) electrons. The average molecular weight is 459 g/mol. The molecule has 3 N–H and O–H groups in total. The molecule has 0 heterocycles. The summed E-state index contributed by atoms with van der Waals surface area (Å²) in [5.41, 5.74) is 5.80. The Labute approximate surface area is 203 Å². The Hall–Kier alpha value is -0.900. The van der Waals surface area contributed by atoms with E-state index in [1.54, 1.807) is 11.1 Å². The van der Waals surface area contributed by atoms with Crippen molar-refractivity contribution >= 4 is 0 Å². The maximum atomic E-state index is 11.5. The average Bonchev–Trinajstić information content (AvgIpc) is 2.95. The minimum atomic E-state index is -0.363. The number of hydrogen-bond donors (Lipinski definition) is 3. The summed E-state index contributed by atoms with van der Waals surface area (Å²) >= 11 is 0. The van der Waals surface area contributed by atoms with E-state index >= 15 is 0 Å². The number of allylic oxidation sites excluding steroid dienone is 5. The fourth-order valence-corrected chi connectivity index (χ4v) is 8.59. The predicted octanol–water partition coefficient (Wildman–Crippen LogP) is 6.59. The molecule has 188 valence electrons. The highest BCUT2D eigenvalue weighted by Gasteiger charge is 2.64. The lowest BCUT2D eigenvalue weighted by Crippen LogP contribution is -2.49. The highest BCUT2D eigenvalue weighted by Crippen LogP contribution is 2.71. The van der Waals surface area contributed by atoms with E-state index in [0.717, 1.165) is 57.8 Å². The van der Waals surface area contributed by atoms with Gasteiger partial charge >= 0.3 is 0 Å². The summed E-state index contributed by atoms with van der Waals surface area (Å²) in [5, 5.41) is 31.5. The van der Waals surface area contributed by atoms with E-state index in [4.69, 9.17) is 0 Å². The Morgan fingerprint density at radius 1 is 1.12 bits per heavy atom. The quantitative estimate of drug-likeness (QED) is 0.342. The molecule has 0 saturated heterocycles. The summed E-state index contributed by atoms with van der Waals surface area (Å²) in [6.45, 7) is 18.4. The summed E-state index contributed by atoms with van der Waals surface area (Å²) < 4.78 is 0. The molecule has 0 bridgehead atoms.